The molecule has 0 aliphatic heterocycles. The van der Waals surface area contributed by atoms with E-state index in [0.29, 0.717) is 28.9 Å². The van der Waals surface area contributed by atoms with Crippen molar-refractivity contribution in [3.8, 4) is 5.75 Å². The van der Waals surface area contributed by atoms with Crippen LogP contribution in [0, 0.1) is 0 Å². The number of para-hydroxylation sites is 1. The summed E-state index contributed by atoms with van der Waals surface area (Å²) < 4.78 is 7.00. The van der Waals surface area contributed by atoms with Gasteiger partial charge in [-0.25, -0.2) is 0 Å². The smallest absolute Gasteiger partial charge is 0.290 e. The third-order valence-electron chi connectivity index (χ3n) is 5.01. The van der Waals surface area contributed by atoms with E-state index in [1.165, 1.54) is 4.68 Å². The molecule has 4 rings (SSSR count). The van der Waals surface area contributed by atoms with Crippen LogP contribution in [-0.4, -0.2) is 26.8 Å². The topological polar surface area (TPSA) is 81.1 Å². The van der Waals surface area contributed by atoms with Crippen LogP contribution < -0.4 is 15.4 Å². The molecule has 0 unspecified atom stereocenters. The highest BCUT2D eigenvalue weighted by Crippen LogP contribution is 2.20. The van der Waals surface area contributed by atoms with E-state index in [-0.39, 0.29) is 17.8 Å². The summed E-state index contributed by atoms with van der Waals surface area (Å²) in [4.78, 5) is 17.7. The lowest BCUT2D eigenvalue weighted by Crippen LogP contribution is -2.31. The molecule has 1 atom stereocenters. The first-order valence-electron chi connectivity index (χ1n) is 10.7. The summed E-state index contributed by atoms with van der Waals surface area (Å²) in [5, 5.41) is 11.9. The Balaban J connectivity index is 1.55. The molecule has 1 aromatic heterocycles. The lowest BCUT2D eigenvalue weighted by molar-refractivity contribution is 0.0713. The van der Waals surface area contributed by atoms with Gasteiger partial charge in [0, 0.05) is 23.1 Å². The van der Waals surface area contributed by atoms with E-state index in [9.17, 15) is 4.79 Å². The van der Waals surface area contributed by atoms with Crippen molar-refractivity contribution < 1.29 is 9.53 Å². The number of hydrogen-bond acceptors (Lipinski definition) is 6. The van der Waals surface area contributed by atoms with Gasteiger partial charge in [0.25, 0.3) is 5.91 Å². The van der Waals surface area contributed by atoms with Crippen LogP contribution in [0.4, 0.5) is 11.9 Å². The van der Waals surface area contributed by atoms with E-state index < -0.39 is 6.10 Å². The summed E-state index contributed by atoms with van der Waals surface area (Å²) in [6, 6.07) is 24.1. The van der Waals surface area contributed by atoms with Crippen LogP contribution in [0.15, 0.2) is 78.9 Å². The van der Waals surface area contributed by atoms with Crippen LogP contribution in [0.3, 0.4) is 0 Å². The number of benzene rings is 3. The van der Waals surface area contributed by atoms with E-state index in [2.05, 4.69) is 20.7 Å². The molecule has 9 heteroatoms. The number of nitrogens with one attached hydrogen (secondary N) is 2. The van der Waals surface area contributed by atoms with Crippen LogP contribution in [0.1, 0.15) is 22.8 Å². The summed E-state index contributed by atoms with van der Waals surface area (Å²) in [7, 11) is 0. The Hall–Kier alpha value is -3.55. The lowest BCUT2D eigenvalue weighted by atomic mass is 10.2. The van der Waals surface area contributed by atoms with Gasteiger partial charge >= 0.3 is 0 Å². The maximum absolute atomic E-state index is 13.2. The number of ether oxygens (including phenoxy) is 1. The first kappa shape index (κ1) is 23.6. The second kappa shape index (κ2) is 11.0. The number of halogens is 2. The molecule has 174 valence electrons. The molecule has 2 N–H and O–H groups in total. The zero-order chi connectivity index (χ0) is 23.9. The Morgan fingerprint density at radius 2 is 1.44 bits per heavy atom. The minimum atomic E-state index is -0.790. The van der Waals surface area contributed by atoms with Gasteiger partial charge in [0.15, 0.2) is 6.10 Å². The van der Waals surface area contributed by atoms with Crippen LogP contribution in [0.2, 0.25) is 10.0 Å². The van der Waals surface area contributed by atoms with Gasteiger partial charge < -0.3 is 15.4 Å². The number of aromatic nitrogens is 3. The van der Waals surface area contributed by atoms with E-state index >= 15 is 0 Å². The molecular weight excluding hydrogens is 473 g/mol. The van der Waals surface area contributed by atoms with Crippen LogP contribution in [0.25, 0.3) is 0 Å². The average molecular weight is 496 g/mol. The lowest BCUT2D eigenvalue weighted by Gasteiger charge is -2.14. The van der Waals surface area contributed by atoms with E-state index in [0.717, 1.165) is 11.1 Å². The fourth-order valence-corrected chi connectivity index (χ4v) is 3.62. The Bertz CT molecular complexity index is 1260. The van der Waals surface area contributed by atoms with Crippen LogP contribution in [-0.2, 0) is 13.1 Å². The van der Waals surface area contributed by atoms with Crippen molar-refractivity contribution in [3.05, 3.63) is 100 Å². The van der Waals surface area contributed by atoms with Crippen LogP contribution in [0.5, 0.6) is 5.75 Å². The summed E-state index contributed by atoms with van der Waals surface area (Å²) in [5.41, 5.74) is 1.75. The molecule has 0 amide bonds. The highest BCUT2D eigenvalue weighted by atomic mass is 35.5. The van der Waals surface area contributed by atoms with Gasteiger partial charge in [-0.05, 0) is 42.3 Å². The van der Waals surface area contributed by atoms with Gasteiger partial charge in [-0.1, -0.05) is 77.8 Å². The van der Waals surface area contributed by atoms with Crippen molar-refractivity contribution >= 4 is 41.0 Å². The summed E-state index contributed by atoms with van der Waals surface area (Å²) >= 11 is 12.5. The maximum atomic E-state index is 13.2. The Labute approximate surface area is 207 Å². The van der Waals surface area contributed by atoms with Gasteiger partial charge in [-0.2, -0.15) is 9.67 Å². The van der Waals surface area contributed by atoms with E-state index in [4.69, 9.17) is 27.9 Å². The monoisotopic (exact) mass is 495 g/mol. The first-order valence-corrected chi connectivity index (χ1v) is 11.4. The third-order valence-corrected chi connectivity index (χ3v) is 5.75. The minimum absolute atomic E-state index is 0.273. The molecule has 0 radical (unpaired) electrons. The molecule has 4 aromatic rings. The molecule has 1 heterocycles. The Kier molecular flexibility index (Phi) is 7.67. The van der Waals surface area contributed by atoms with Crippen molar-refractivity contribution in [2.24, 2.45) is 0 Å². The molecule has 0 bridgehead atoms. The number of hydrogen-bond donors (Lipinski definition) is 2. The average Bonchev–Trinajstić information content (AvgIpc) is 3.26. The molecule has 3 aromatic carbocycles. The zero-order valence-corrected chi connectivity index (χ0v) is 19.9. The standard InChI is InChI=1S/C25H23Cl2N5O2/c1-17(34-20-11-3-2-4-12-20)23(33)32-25(29-16-19-10-6-8-14-22(19)27)30-24(31-32)28-15-18-9-5-7-13-21(18)26/h2-14,17H,15-16H2,1H3,(H2,28,29,30,31)/t17-/m1/s1. The van der Waals surface area contributed by atoms with Crippen molar-refractivity contribution in [2.45, 2.75) is 26.1 Å². The van der Waals surface area contributed by atoms with Crippen molar-refractivity contribution in [1.82, 2.24) is 14.8 Å². The number of rotatable bonds is 9. The molecule has 7 nitrogen and oxygen atoms in total. The molecule has 0 saturated carbocycles. The summed E-state index contributed by atoms with van der Waals surface area (Å²) in [6.45, 7) is 2.44. The van der Waals surface area contributed by atoms with Gasteiger partial charge in [-0.15, -0.1) is 5.10 Å². The maximum Gasteiger partial charge on any atom is 0.290 e. The second-order valence-corrected chi connectivity index (χ2v) is 8.29. The quantitative estimate of drug-likeness (QED) is 0.300. The zero-order valence-electron chi connectivity index (χ0n) is 18.4. The first-order chi connectivity index (χ1) is 16.5. The Morgan fingerprint density at radius 1 is 0.882 bits per heavy atom. The van der Waals surface area contributed by atoms with E-state index in [1.807, 2.05) is 60.7 Å². The fourth-order valence-electron chi connectivity index (χ4n) is 3.21. The molecular formula is C25H23Cl2N5O2. The summed E-state index contributed by atoms with van der Waals surface area (Å²) in [6.07, 6.45) is -0.790. The van der Waals surface area contributed by atoms with E-state index in [1.54, 1.807) is 25.1 Å². The van der Waals surface area contributed by atoms with Crippen LogP contribution >= 0.6 is 23.2 Å². The largest absolute Gasteiger partial charge is 0.481 e. The number of carbonyl (C=O) groups excluding carboxylic acids is 1. The molecule has 34 heavy (non-hydrogen) atoms. The molecule has 0 fully saturated rings. The van der Waals surface area contributed by atoms with Gasteiger partial charge in [0.1, 0.15) is 5.75 Å². The number of anilines is 2. The number of nitrogens with zero attached hydrogens (tertiary/aromatic N) is 3. The van der Waals surface area contributed by atoms with Gasteiger partial charge in [0.2, 0.25) is 11.9 Å². The highest BCUT2D eigenvalue weighted by molar-refractivity contribution is 6.31. The second-order valence-electron chi connectivity index (χ2n) is 7.47. The fraction of sp³-hybridized carbons (Fsp3) is 0.160. The van der Waals surface area contributed by atoms with Crippen molar-refractivity contribution in [1.29, 1.82) is 0 Å². The molecule has 0 aliphatic rings. The van der Waals surface area contributed by atoms with Crippen molar-refractivity contribution in [3.63, 3.8) is 0 Å². The third kappa shape index (κ3) is 5.87. The minimum Gasteiger partial charge on any atom is -0.481 e. The molecule has 0 aliphatic carbocycles. The highest BCUT2D eigenvalue weighted by Gasteiger charge is 2.23. The molecule has 0 saturated heterocycles. The molecule has 0 spiro atoms. The predicted octanol–water partition coefficient (Wildman–Crippen LogP) is 5.92. The number of carbonyl (C=O) groups is 1. The van der Waals surface area contributed by atoms with Gasteiger partial charge in [0.05, 0.1) is 0 Å². The SMILES string of the molecule is C[C@@H](Oc1ccccc1)C(=O)n1nc(NCc2ccccc2Cl)nc1NCc1ccccc1Cl. The predicted molar refractivity (Wildman–Crippen MR) is 135 cm³/mol. The van der Waals surface area contributed by atoms with Gasteiger partial charge in [-0.3, -0.25) is 4.79 Å². The normalized spacial score (nSPS) is 11.6. The Morgan fingerprint density at radius 3 is 2.06 bits per heavy atom. The summed E-state index contributed by atoms with van der Waals surface area (Å²) in [5.74, 6) is 0.770. The van der Waals surface area contributed by atoms with Crippen molar-refractivity contribution in [2.75, 3.05) is 10.6 Å².